The van der Waals surface area contributed by atoms with E-state index in [0.717, 1.165) is 36.1 Å². The Kier molecular flexibility index (Phi) is 4.90. The van der Waals surface area contributed by atoms with Crippen molar-refractivity contribution in [2.45, 2.75) is 20.4 Å². The number of furan rings is 1. The molecule has 0 bridgehead atoms. The van der Waals surface area contributed by atoms with Crippen LogP contribution in [0.2, 0.25) is 0 Å². The molecule has 0 saturated heterocycles. The van der Waals surface area contributed by atoms with E-state index in [4.69, 9.17) is 4.42 Å². The summed E-state index contributed by atoms with van der Waals surface area (Å²) < 4.78 is 16.5. The van der Waals surface area contributed by atoms with Crippen LogP contribution in [-0.2, 0) is 17.3 Å². The summed E-state index contributed by atoms with van der Waals surface area (Å²) in [7, 11) is -0.673. The molecule has 0 aliphatic rings. The monoisotopic (exact) mass is 215 g/mol. The lowest BCUT2D eigenvalue weighted by Crippen LogP contribution is -2.20. The molecular formula is C10H17NO2S. The molecule has 3 nitrogen and oxygen atoms in total. The van der Waals surface area contributed by atoms with Crippen molar-refractivity contribution in [2.75, 3.05) is 18.1 Å². The normalized spacial score (nSPS) is 13.0. The van der Waals surface area contributed by atoms with Crippen molar-refractivity contribution in [3.8, 4) is 0 Å². The minimum Gasteiger partial charge on any atom is -0.465 e. The summed E-state index contributed by atoms with van der Waals surface area (Å²) >= 11 is 0. The molecular weight excluding hydrogens is 198 g/mol. The van der Waals surface area contributed by atoms with E-state index in [9.17, 15) is 4.21 Å². The van der Waals surface area contributed by atoms with Gasteiger partial charge in [-0.3, -0.25) is 4.21 Å². The molecule has 1 rings (SSSR count). The molecule has 1 aromatic heterocycles. The third-order valence-electron chi connectivity index (χ3n) is 1.92. The Bertz CT molecular complexity index is 296. The van der Waals surface area contributed by atoms with Crippen molar-refractivity contribution < 1.29 is 8.63 Å². The van der Waals surface area contributed by atoms with Crippen LogP contribution in [0.15, 0.2) is 16.5 Å². The highest BCUT2D eigenvalue weighted by Gasteiger charge is 1.98. The summed E-state index contributed by atoms with van der Waals surface area (Å²) in [5.74, 6) is 3.32. The molecule has 4 heteroatoms. The summed E-state index contributed by atoms with van der Waals surface area (Å²) in [6, 6.07) is 3.90. The van der Waals surface area contributed by atoms with Crippen LogP contribution in [0.4, 0.5) is 0 Å². The molecule has 0 radical (unpaired) electrons. The van der Waals surface area contributed by atoms with Gasteiger partial charge >= 0.3 is 0 Å². The van der Waals surface area contributed by atoms with Gasteiger partial charge in [-0.05, 0) is 19.1 Å². The fraction of sp³-hybridized carbons (Fsp3) is 0.600. The summed E-state index contributed by atoms with van der Waals surface area (Å²) in [5.41, 5.74) is 0. The van der Waals surface area contributed by atoms with Crippen LogP contribution >= 0.6 is 0 Å². The Morgan fingerprint density at radius 1 is 1.50 bits per heavy atom. The quantitative estimate of drug-likeness (QED) is 0.730. The van der Waals surface area contributed by atoms with Crippen molar-refractivity contribution in [1.82, 2.24) is 5.32 Å². The van der Waals surface area contributed by atoms with Crippen LogP contribution in [0, 0.1) is 6.92 Å². The van der Waals surface area contributed by atoms with E-state index in [1.54, 1.807) is 0 Å². The Balaban J connectivity index is 2.13. The Morgan fingerprint density at radius 2 is 2.29 bits per heavy atom. The smallest absolute Gasteiger partial charge is 0.117 e. The molecule has 1 heterocycles. The van der Waals surface area contributed by atoms with Crippen LogP contribution < -0.4 is 5.32 Å². The molecule has 0 spiro atoms. The maximum Gasteiger partial charge on any atom is 0.117 e. The standard InChI is InChI=1S/C10H17NO2S/c1-3-14(12)7-6-11-8-10-5-4-9(2)13-10/h4-5,11H,3,6-8H2,1-2H3. The minimum absolute atomic E-state index is 0.673. The first kappa shape index (κ1) is 11.5. The minimum atomic E-state index is -0.673. The second-order valence-corrected chi connectivity index (χ2v) is 4.99. The van der Waals surface area contributed by atoms with E-state index in [2.05, 4.69) is 5.32 Å². The first-order valence-corrected chi connectivity index (χ1v) is 6.32. The average molecular weight is 215 g/mol. The predicted molar refractivity (Wildman–Crippen MR) is 58.7 cm³/mol. The number of hydrogen-bond donors (Lipinski definition) is 1. The first-order chi connectivity index (χ1) is 6.72. The highest BCUT2D eigenvalue weighted by Crippen LogP contribution is 2.04. The van der Waals surface area contributed by atoms with Crippen molar-refractivity contribution in [3.05, 3.63) is 23.7 Å². The lowest BCUT2D eigenvalue weighted by Gasteiger charge is -2.01. The summed E-state index contributed by atoms with van der Waals surface area (Å²) in [5, 5.41) is 3.19. The molecule has 0 amide bonds. The second kappa shape index (κ2) is 5.98. The van der Waals surface area contributed by atoms with Crippen molar-refractivity contribution in [3.63, 3.8) is 0 Å². The van der Waals surface area contributed by atoms with Gasteiger partial charge in [-0.2, -0.15) is 0 Å². The highest BCUT2D eigenvalue weighted by molar-refractivity contribution is 7.84. The number of hydrogen-bond acceptors (Lipinski definition) is 3. The molecule has 1 atom stereocenters. The molecule has 0 saturated carbocycles. The zero-order valence-electron chi connectivity index (χ0n) is 8.71. The maximum absolute atomic E-state index is 11.1. The van der Waals surface area contributed by atoms with Crippen LogP contribution in [0.3, 0.4) is 0 Å². The topological polar surface area (TPSA) is 42.2 Å². The SMILES string of the molecule is CCS(=O)CCNCc1ccc(C)o1. The van der Waals surface area contributed by atoms with E-state index in [1.165, 1.54) is 0 Å². The Hall–Kier alpha value is -0.610. The van der Waals surface area contributed by atoms with Crippen LogP contribution in [0.5, 0.6) is 0 Å². The molecule has 1 unspecified atom stereocenters. The molecule has 0 aliphatic heterocycles. The van der Waals surface area contributed by atoms with E-state index in [-0.39, 0.29) is 0 Å². The molecule has 1 N–H and O–H groups in total. The summed E-state index contributed by atoms with van der Waals surface area (Å²) in [6.07, 6.45) is 0. The summed E-state index contributed by atoms with van der Waals surface area (Å²) in [4.78, 5) is 0. The van der Waals surface area contributed by atoms with Gasteiger partial charge in [0.15, 0.2) is 0 Å². The number of aryl methyl sites for hydroxylation is 1. The van der Waals surface area contributed by atoms with Gasteiger partial charge in [-0.25, -0.2) is 0 Å². The molecule has 0 fully saturated rings. The van der Waals surface area contributed by atoms with E-state index >= 15 is 0 Å². The first-order valence-electron chi connectivity index (χ1n) is 4.83. The lowest BCUT2D eigenvalue weighted by molar-refractivity contribution is 0.465. The van der Waals surface area contributed by atoms with Crippen LogP contribution in [-0.4, -0.2) is 22.3 Å². The van der Waals surface area contributed by atoms with Crippen molar-refractivity contribution in [2.24, 2.45) is 0 Å². The highest BCUT2D eigenvalue weighted by atomic mass is 32.2. The fourth-order valence-corrected chi connectivity index (χ4v) is 1.78. The molecule has 1 aromatic rings. The zero-order chi connectivity index (χ0) is 10.4. The zero-order valence-corrected chi connectivity index (χ0v) is 9.52. The lowest BCUT2D eigenvalue weighted by atomic mass is 10.4. The van der Waals surface area contributed by atoms with Gasteiger partial charge in [0.1, 0.15) is 11.5 Å². The number of rotatable bonds is 6. The van der Waals surface area contributed by atoms with Gasteiger partial charge in [0.2, 0.25) is 0 Å². The fourth-order valence-electron chi connectivity index (χ4n) is 1.12. The van der Waals surface area contributed by atoms with E-state index in [1.807, 2.05) is 26.0 Å². The van der Waals surface area contributed by atoms with Crippen LogP contribution in [0.1, 0.15) is 18.4 Å². The maximum atomic E-state index is 11.1. The third-order valence-corrected chi connectivity index (χ3v) is 3.23. The van der Waals surface area contributed by atoms with Gasteiger partial charge in [-0.1, -0.05) is 6.92 Å². The second-order valence-electron chi connectivity index (χ2n) is 3.12. The molecule has 14 heavy (non-hydrogen) atoms. The van der Waals surface area contributed by atoms with Gasteiger partial charge < -0.3 is 9.73 Å². The van der Waals surface area contributed by atoms with Crippen LogP contribution in [0.25, 0.3) is 0 Å². The molecule has 80 valence electrons. The van der Waals surface area contributed by atoms with Gasteiger partial charge in [0.25, 0.3) is 0 Å². The van der Waals surface area contributed by atoms with Crippen molar-refractivity contribution in [1.29, 1.82) is 0 Å². The Morgan fingerprint density at radius 3 is 2.86 bits per heavy atom. The van der Waals surface area contributed by atoms with Gasteiger partial charge in [-0.15, -0.1) is 0 Å². The van der Waals surface area contributed by atoms with E-state index in [0.29, 0.717) is 0 Å². The third kappa shape index (κ3) is 4.07. The molecule has 0 aromatic carbocycles. The largest absolute Gasteiger partial charge is 0.465 e. The number of nitrogens with one attached hydrogen (secondary N) is 1. The van der Waals surface area contributed by atoms with Gasteiger partial charge in [0.05, 0.1) is 6.54 Å². The summed E-state index contributed by atoms with van der Waals surface area (Å²) in [6.45, 7) is 5.36. The average Bonchev–Trinajstić information content (AvgIpc) is 2.58. The van der Waals surface area contributed by atoms with E-state index < -0.39 is 10.8 Å². The van der Waals surface area contributed by atoms with Gasteiger partial charge in [0, 0.05) is 28.9 Å². The van der Waals surface area contributed by atoms with Crippen molar-refractivity contribution >= 4 is 10.8 Å². The predicted octanol–water partition coefficient (Wildman–Crippen LogP) is 1.45. The Labute approximate surface area is 87.3 Å². The molecule has 0 aliphatic carbocycles.